The molecule has 120 valence electrons. The van der Waals surface area contributed by atoms with Gasteiger partial charge in [0.2, 0.25) is 0 Å². The molecule has 7 heteroatoms. The van der Waals surface area contributed by atoms with Gasteiger partial charge in [-0.3, -0.25) is 9.59 Å². The van der Waals surface area contributed by atoms with Crippen molar-refractivity contribution in [2.24, 2.45) is 0 Å². The smallest absolute Gasteiger partial charge is 0.258 e. The maximum atomic E-state index is 12.6. The van der Waals surface area contributed by atoms with Crippen LogP contribution < -0.4 is 15.4 Å². The number of halogens is 1. The minimum absolute atomic E-state index is 0.211. The summed E-state index contributed by atoms with van der Waals surface area (Å²) < 4.78 is 5.39. The summed E-state index contributed by atoms with van der Waals surface area (Å²) in [5, 5.41) is 14.5. The third kappa shape index (κ3) is 3.16. The number of nitrogens with zero attached hydrogens (tertiary/aromatic N) is 1. The Hall–Kier alpha value is -3.04. The van der Waals surface area contributed by atoms with Gasteiger partial charge in [-0.1, -0.05) is 23.7 Å². The van der Waals surface area contributed by atoms with E-state index in [1.807, 2.05) is 6.07 Å². The number of carbonyl (C=O) groups excluding carboxylic acids is 2. The van der Waals surface area contributed by atoms with Crippen molar-refractivity contribution in [1.29, 1.82) is 5.26 Å². The van der Waals surface area contributed by atoms with Gasteiger partial charge in [-0.15, -0.1) is 0 Å². The standard InChI is InChI=1S/C17H12ClN3O3/c18-13-3-1-2-12-15(21-14(22)9-24-16(12)13)17(23)20-11-6-4-10(8-19)5-7-11/h1-7,15H,9H2,(H,20,23)(H,21,22). The largest absolute Gasteiger partial charge is 0.482 e. The number of rotatable bonds is 2. The Morgan fingerprint density at radius 1 is 1.29 bits per heavy atom. The topological polar surface area (TPSA) is 91.2 Å². The molecule has 1 atom stereocenters. The molecular weight excluding hydrogens is 330 g/mol. The molecule has 0 aliphatic carbocycles. The number of hydrogen-bond donors (Lipinski definition) is 2. The van der Waals surface area contributed by atoms with Gasteiger partial charge in [-0.05, 0) is 30.3 Å². The summed E-state index contributed by atoms with van der Waals surface area (Å²) in [6.45, 7) is -0.211. The zero-order chi connectivity index (χ0) is 17.1. The SMILES string of the molecule is N#Cc1ccc(NC(=O)C2NC(=O)COc3c(Cl)cccc32)cc1. The zero-order valence-corrected chi connectivity index (χ0v) is 13.1. The lowest BCUT2D eigenvalue weighted by Crippen LogP contribution is -2.37. The molecule has 3 rings (SSSR count). The minimum Gasteiger partial charge on any atom is -0.482 e. The van der Waals surface area contributed by atoms with Crippen LogP contribution in [0.3, 0.4) is 0 Å². The summed E-state index contributed by atoms with van der Waals surface area (Å²) in [7, 11) is 0. The van der Waals surface area contributed by atoms with Crippen molar-refractivity contribution >= 4 is 29.1 Å². The molecule has 1 unspecified atom stereocenters. The number of carbonyl (C=O) groups is 2. The second kappa shape index (κ2) is 6.60. The number of para-hydroxylation sites is 1. The highest BCUT2D eigenvalue weighted by Gasteiger charge is 2.30. The van der Waals surface area contributed by atoms with Crippen molar-refractivity contribution < 1.29 is 14.3 Å². The van der Waals surface area contributed by atoms with Crippen molar-refractivity contribution in [3.8, 4) is 11.8 Å². The molecule has 0 radical (unpaired) electrons. The van der Waals surface area contributed by atoms with Crippen LogP contribution in [0.4, 0.5) is 5.69 Å². The summed E-state index contributed by atoms with van der Waals surface area (Å²) in [6, 6.07) is 12.5. The molecule has 24 heavy (non-hydrogen) atoms. The van der Waals surface area contributed by atoms with E-state index in [0.29, 0.717) is 27.6 Å². The summed E-state index contributed by atoms with van der Waals surface area (Å²) in [5.74, 6) is -0.526. The highest BCUT2D eigenvalue weighted by atomic mass is 35.5. The van der Waals surface area contributed by atoms with Gasteiger partial charge in [0.25, 0.3) is 11.8 Å². The number of nitrogens with one attached hydrogen (secondary N) is 2. The summed E-state index contributed by atoms with van der Waals surface area (Å²) in [5.41, 5.74) is 1.49. The molecule has 2 amide bonds. The van der Waals surface area contributed by atoms with Gasteiger partial charge >= 0.3 is 0 Å². The molecule has 0 fully saturated rings. The van der Waals surface area contributed by atoms with Crippen LogP contribution in [0.1, 0.15) is 17.2 Å². The Labute approximate surface area is 143 Å². The van der Waals surface area contributed by atoms with E-state index in [1.54, 1.807) is 42.5 Å². The molecule has 0 saturated carbocycles. The van der Waals surface area contributed by atoms with E-state index in [9.17, 15) is 9.59 Å². The van der Waals surface area contributed by atoms with Crippen LogP contribution in [-0.4, -0.2) is 18.4 Å². The van der Waals surface area contributed by atoms with Crippen molar-refractivity contribution in [2.75, 3.05) is 11.9 Å². The van der Waals surface area contributed by atoms with Gasteiger partial charge in [0, 0.05) is 11.3 Å². The van der Waals surface area contributed by atoms with Gasteiger partial charge in [0.15, 0.2) is 6.61 Å². The first-order chi connectivity index (χ1) is 11.6. The molecule has 6 nitrogen and oxygen atoms in total. The first kappa shape index (κ1) is 15.8. The molecule has 0 aromatic heterocycles. The Bertz CT molecular complexity index is 843. The number of nitriles is 1. The minimum atomic E-state index is -0.927. The number of amides is 2. The van der Waals surface area contributed by atoms with Crippen LogP contribution in [0, 0.1) is 11.3 Å². The molecule has 0 saturated heterocycles. The van der Waals surface area contributed by atoms with E-state index in [4.69, 9.17) is 21.6 Å². The summed E-state index contributed by atoms with van der Waals surface area (Å²) in [4.78, 5) is 24.4. The predicted molar refractivity (Wildman–Crippen MR) is 87.6 cm³/mol. The monoisotopic (exact) mass is 341 g/mol. The lowest BCUT2D eigenvalue weighted by molar-refractivity contribution is -0.127. The third-order valence-electron chi connectivity index (χ3n) is 3.51. The molecular formula is C17H12ClN3O3. The molecule has 2 aromatic carbocycles. The van der Waals surface area contributed by atoms with E-state index in [1.165, 1.54) is 0 Å². The predicted octanol–water partition coefficient (Wildman–Crippen LogP) is 2.40. The first-order valence-corrected chi connectivity index (χ1v) is 7.48. The van der Waals surface area contributed by atoms with Crippen LogP contribution in [0.5, 0.6) is 5.75 Å². The fourth-order valence-corrected chi connectivity index (χ4v) is 2.61. The van der Waals surface area contributed by atoms with Gasteiger partial charge in [0.1, 0.15) is 11.8 Å². The number of ether oxygens (including phenoxy) is 1. The number of hydrogen-bond acceptors (Lipinski definition) is 4. The highest BCUT2D eigenvalue weighted by Crippen LogP contribution is 2.34. The molecule has 0 spiro atoms. The number of benzene rings is 2. The van der Waals surface area contributed by atoms with Crippen molar-refractivity contribution in [1.82, 2.24) is 5.32 Å². The molecule has 0 bridgehead atoms. The second-order valence-electron chi connectivity index (χ2n) is 5.13. The van der Waals surface area contributed by atoms with Gasteiger partial charge < -0.3 is 15.4 Å². The fraction of sp³-hybridized carbons (Fsp3) is 0.118. The Balaban J connectivity index is 1.89. The second-order valence-corrected chi connectivity index (χ2v) is 5.53. The maximum absolute atomic E-state index is 12.6. The maximum Gasteiger partial charge on any atom is 0.258 e. The van der Waals surface area contributed by atoms with Crippen molar-refractivity contribution in [3.05, 3.63) is 58.6 Å². The van der Waals surface area contributed by atoms with Crippen molar-refractivity contribution in [2.45, 2.75) is 6.04 Å². The van der Waals surface area contributed by atoms with Crippen LogP contribution >= 0.6 is 11.6 Å². The third-order valence-corrected chi connectivity index (χ3v) is 3.80. The molecule has 1 aliphatic rings. The molecule has 1 heterocycles. The quantitative estimate of drug-likeness (QED) is 0.877. The highest BCUT2D eigenvalue weighted by molar-refractivity contribution is 6.32. The average molecular weight is 342 g/mol. The number of anilines is 1. The lowest BCUT2D eigenvalue weighted by atomic mass is 10.0. The normalized spacial score (nSPS) is 16.0. The fourth-order valence-electron chi connectivity index (χ4n) is 2.37. The Kier molecular flexibility index (Phi) is 4.36. The van der Waals surface area contributed by atoms with E-state index >= 15 is 0 Å². The zero-order valence-electron chi connectivity index (χ0n) is 12.4. The molecule has 1 aliphatic heterocycles. The van der Waals surface area contributed by atoms with Gasteiger partial charge in [-0.25, -0.2) is 0 Å². The number of fused-ring (bicyclic) bond motifs is 1. The van der Waals surface area contributed by atoms with Crippen LogP contribution in [0.15, 0.2) is 42.5 Å². The van der Waals surface area contributed by atoms with E-state index in [0.717, 1.165) is 0 Å². The van der Waals surface area contributed by atoms with Gasteiger partial charge in [0.05, 0.1) is 16.7 Å². The molecule has 2 N–H and O–H groups in total. The van der Waals surface area contributed by atoms with Gasteiger partial charge in [-0.2, -0.15) is 5.26 Å². The lowest BCUT2D eigenvalue weighted by Gasteiger charge is -2.17. The van der Waals surface area contributed by atoms with Crippen LogP contribution in [0.25, 0.3) is 0 Å². The van der Waals surface area contributed by atoms with Crippen molar-refractivity contribution in [3.63, 3.8) is 0 Å². The van der Waals surface area contributed by atoms with Crippen LogP contribution in [0.2, 0.25) is 5.02 Å². The van der Waals surface area contributed by atoms with E-state index in [2.05, 4.69) is 10.6 Å². The Morgan fingerprint density at radius 3 is 2.75 bits per heavy atom. The molecule has 2 aromatic rings. The van der Waals surface area contributed by atoms with E-state index < -0.39 is 17.9 Å². The Morgan fingerprint density at radius 2 is 2.04 bits per heavy atom. The van der Waals surface area contributed by atoms with E-state index in [-0.39, 0.29) is 6.61 Å². The summed E-state index contributed by atoms with van der Waals surface area (Å²) >= 11 is 6.10. The summed E-state index contributed by atoms with van der Waals surface area (Å²) in [6.07, 6.45) is 0. The first-order valence-electron chi connectivity index (χ1n) is 7.10. The average Bonchev–Trinajstić information content (AvgIpc) is 2.76. The van der Waals surface area contributed by atoms with Crippen LogP contribution in [-0.2, 0) is 9.59 Å².